The lowest BCUT2D eigenvalue weighted by molar-refractivity contribution is 0.977. The average Bonchev–Trinajstić information content (AvgIpc) is 1.83. The second kappa shape index (κ2) is 4.12. The third kappa shape index (κ3) is 3.15. The van der Waals surface area contributed by atoms with Crippen molar-refractivity contribution in [1.29, 1.82) is 0 Å². The van der Waals surface area contributed by atoms with Crippen molar-refractivity contribution >= 4 is 6.21 Å². The summed E-state index contributed by atoms with van der Waals surface area (Å²) in [4.78, 5) is 3.81. The zero-order valence-corrected chi connectivity index (χ0v) is 5.02. The van der Waals surface area contributed by atoms with Crippen molar-refractivity contribution in [3.05, 3.63) is 25.1 Å². The summed E-state index contributed by atoms with van der Waals surface area (Å²) in [5.74, 6) is 0.643. The molecule has 0 saturated carbocycles. The molecule has 0 spiro atoms. The number of aliphatic imine (C=N–C) groups is 1. The van der Waals surface area contributed by atoms with Crippen LogP contribution in [-0.2, 0) is 0 Å². The number of nitrogens with one attached hydrogen (secondary N) is 1. The maximum absolute atomic E-state index is 3.81. The quantitative estimate of drug-likeness (QED) is 0.537. The number of allylic oxidation sites excluding steroid dienone is 1. The van der Waals surface area contributed by atoms with Crippen LogP contribution in [0.1, 0.15) is 0 Å². The third-order valence-electron chi connectivity index (χ3n) is 0.624. The van der Waals surface area contributed by atoms with Gasteiger partial charge in [0.2, 0.25) is 0 Å². The molecule has 0 atom stereocenters. The fraction of sp³-hybridized carbons (Fsp3) is 0.167. The van der Waals surface area contributed by atoms with Gasteiger partial charge in [0.15, 0.2) is 0 Å². The summed E-state index contributed by atoms with van der Waals surface area (Å²) in [6.07, 6.45) is 3.18. The van der Waals surface area contributed by atoms with Crippen LogP contribution in [0.15, 0.2) is 30.0 Å². The van der Waals surface area contributed by atoms with Crippen molar-refractivity contribution in [2.75, 3.05) is 7.05 Å². The van der Waals surface area contributed by atoms with E-state index < -0.39 is 0 Å². The maximum Gasteiger partial charge on any atom is 0.118 e. The minimum absolute atomic E-state index is 0.643. The Hall–Kier alpha value is -1.05. The van der Waals surface area contributed by atoms with Gasteiger partial charge in [0.1, 0.15) is 5.82 Å². The van der Waals surface area contributed by atoms with Gasteiger partial charge in [0, 0.05) is 13.3 Å². The molecule has 0 aromatic heterocycles. The summed E-state index contributed by atoms with van der Waals surface area (Å²) >= 11 is 0. The van der Waals surface area contributed by atoms with Crippen LogP contribution < -0.4 is 5.32 Å². The molecule has 0 aliphatic rings. The second-order valence-electron chi connectivity index (χ2n) is 1.21. The Morgan fingerprint density at radius 2 is 2.38 bits per heavy atom. The molecule has 0 amide bonds. The molecule has 1 N–H and O–H groups in total. The first-order valence-electron chi connectivity index (χ1n) is 2.33. The highest BCUT2D eigenvalue weighted by atomic mass is 15.0. The van der Waals surface area contributed by atoms with Gasteiger partial charge >= 0.3 is 0 Å². The summed E-state index contributed by atoms with van der Waals surface area (Å²) < 4.78 is 0. The summed E-state index contributed by atoms with van der Waals surface area (Å²) in [6, 6.07) is 0. The summed E-state index contributed by atoms with van der Waals surface area (Å²) in [5.41, 5.74) is 0. The highest BCUT2D eigenvalue weighted by Gasteiger charge is 1.73. The van der Waals surface area contributed by atoms with Gasteiger partial charge in [-0.2, -0.15) is 0 Å². The molecule has 0 heterocycles. The van der Waals surface area contributed by atoms with Gasteiger partial charge in [0.05, 0.1) is 0 Å². The third-order valence-corrected chi connectivity index (χ3v) is 0.624. The van der Waals surface area contributed by atoms with Gasteiger partial charge in [-0.25, -0.2) is 4.99 Å². The zero-order chi connectivity index (χ0) is 6.41. The fourth-order valence-electron chi connectivity index (χ4n) is 0.207. The largest absolute Gasteiger partial charge is 0.374 e. The van der Waals surface area contributed by atoms with Gasteiger partial charge in [0.25, 0.3) is 0 Å². The second-order valence-corrected chi connectivity index (χ2v) is 1.21. The molecule has 0 aromatic carbocycles. The van der Waals surface area contributed by atoms with E-state index >= 15 is 0 Å². The minimum atomic E-state index is 0.643. The topological polar surface area (TPSA) is 24.4 Å². The zero-order valence-electron chi connectivity index (χ0n) is 5.02. The van der Waals surface area contributed by atoms with Crippen LogP contribution >= 0.6 is 0 Å². The van der Waals surface area contributed by atoms with E-state index in [0.29, 0.717) is 5.82 Å². The summed E-state index contributed by atoms with van der Waals surface area (Å²) in [5, 5.41) is 2.76. The first-order chi connectivity index (χ1) is 3.81. The van der Waals surface area contributed by atoms with Crippen molar-refractivity contribution in [1.82, 2.24) is 5.32 Å². The molecule has 0 rings (SSSR count). The first kappa shape index (κ1) is 6.95. The molecule has 44 valence electrons. The van der Waals surface area contributed by atoms with Crippen molar-refractivity contribution in [2.24, 2.45) is 4.99 Å². The highest BCUT2D eigenvalue weighted by molar-refractivity contribution is 5.71. The van der Waals surface area contributed by atoms with E-state index in [9.17, 15) is 0 Å². The molecular formula is C6H10N2. The lowest BCUT2D eigenvalue weighted by atomic mass is 10.7. The Balaban J connectivity index is 3.52. The fourth-order valence-corrected chi connectivity index (χ4v) is 0.207. The number of nitrogens with zero attached hydrogens (tertiary/aromatic N) is 1. The molecule has 0 unspecified atom stereocenters. The lowest BCUT2D eigenvalue weighted by Crippen LogP contribution is -2.00. The van der Waals surface area contributed by atoms with E-state index in [1.54, 1.807) is 19.3 Å². The average molecular weight is 110 g/mol. The SMILES string of the molecule is C=CC=NC(=C)NC. The van der Waals surface area contributed by atoms with E-state index in [4.69, 9.17) is 0 Å². The molecule has 0 aromatic rings. The van der Waals surface area contributed by atoms with Gasteiger partial charge in [-0.15, -0.1) is 0 Å². The Kier molecular flexibility index (Phi) is 3.58. The first-order valence-corrected chi connectivity index (χ1v) is 2.33. The van der Waals surface area contributed by atoms with Crippen LogP contribution in [0.2, 0.25) is 0 Å². The predicted octanol–water partition coefficient (Wildman–Crippen LogP) is 0.934. The molecule has 0 saturated heterocycles. The van der Waals surface area contributed by atoms with Crippen molar-refractivity contribution in [3.8, 4) is 0 Å². The number of hydrogen-bond donors (Lipinski definition) is 1. The summed E-state index contributed by atoms with van der Waals surface area (Å²) in [6.45, 7) is 7.00. The Morgan fingerprint density at radius 3 is 2.75 bits per heavy atom. The Bertz CT molecular complexity index is 114. The molecule has 0 bridgehead atoms. The molecule has 2 nitrogen and oxygen atoms in total. The predicted molar refractivity (Wildman–Crippen MR) is 36.9 cm³/mol. The molecule has 8 heavy (non-hydrogen) atoms. The van der Waals surface area contributed by atoms with Crippen LogP contribution in [0.25, 0.3) is 0 Å². The molecule has 0 radical (unpaired) electrons. The highest BCUT2D eigenvalue weighted by Crippen LogP contribution is 1.79. The Morgan fingerprint density at radius 1 is 1.75 bits per heavy atom. The van der Waals surface area contributed by atoms with Crippen LogP contribution in [0.3, 0.4) is 0 Å². The smallest absolute Gasteiger partial charge is 0.118 e. The van der Waals surface area contributed by atoms with Crippen LogP contribution in [0.5, 0.6) is 0 Å². The van der Waals surface area contributed by atoms with E-state index in [-0.39, 0.29) is 0 Å². The van der Waals surface area contributed by atoms with Gasteiger partial charge < -0.3 is 5.32 Å². The maximum atomic E-state index is 3.81. The summed E-state index contributed by atoms with van der Waals surface area (Å²) in [7, 11) is 1.77. The molecule has 0 aliphatic heterocycles. The molecule has 2 heteroatoms. The molecule has 0 aliphatic carbocycles. The normalized spacial score (nSPS) is 9.12. The van der Waals surface area contributed by atoms with Gasteiger partial charge in [-0.3, -0.25) is 0 Å². The van der Waals surface area contributed by atoms with Gasteiger partial charge in [-0.05, 0) is 0 Å². The van der Waals surface area contributed by atoms with Crippen LogP contribution in [0.4, 0.5) is 0 Å². The van der Waals surface area contributed by atoms with E-state index in [2.05, 4.69) is 23.5 Å². The minimum Gasteiger partial charge on any atom is -0.374 e. The van der Waals surface area contributed by atoms with Crippen LogP contribution in [0, 0.1) is 0 Å². The van der Waals surface area contributed by atoms with Gasteiger partial charge in [-0.1, -0.05) is 19.2 Å². The molecular weight excluding hydrogens is 100 g/mol. The van der Waals surface area contributed by atoms with E-state index in [1.807, 2.05) is 0 Å². The number of hydrogen-bond acceptors (Lipinski definition) is 2. The Labute approximate surface area is 49.6 Å². The lowest BCUT2D eigenvalue weighted by Gasteiger charge is -1.91. The van der Waals surface area contributed by atoms with Crippen LogP contribution in [-0.4, -0.2) is 13.3 Å². The monoisotopic (exact) mass is 110 g/mol. The molecule has 0 fully saturated rings. The number of rotatable bonds is 3. The van der Waals surface area contributed by atoms with E-state index in [0.717, 1.165) is 0 Å². The van der Waals surface area contributed by atoms with Crippen molar-refractivity contribution in [3.63, 3.8) is 0 Å². The van der Waals surface area contributed by atoms with Crippen molar-refractivity contribution < 1.29 is 0 Å². The van der Waals surface area contributed by atoms with Crippen molar-refractivity contribution in [2.45, 2.75) is 0 Å². The van der Waals surface area contributed by atoms with E-state index in [1.165, 1.54) is 0 Å². The standard InChI is InChI=1S/C6H10N2/c1-4-5-8-6(2)7-3/h4-5,7H,1-2H2,3H3.